The highest BCUT2D eigenvalue weighted by Crippen LogP contribution is 2.30. The van der Waals surface area contributed by atoms with E-state index >= 15 is 0 Å². The van der Waals surface area contributed by atoms with Crippen LogP contribution in [0.3, 0.4) is 0 Å². The summed E-state index contributed by atoms with van der Waals surface area (Å²) in [5.41, 5.74) is 10.2. The molecule has 0 bridgehead atoms. The first-order chi connectivity index (χ1) is 14.9. The van der Waals surface area contributed by atoms with Crippen molar-refractivity contribution < 1.29 is 9.53 Å². The van der Waals surface area contributed by atoms with E-state index in [9.17, 15) is 4.79 Å². The fourth-order valence-corrected chi connectivity index (χ4v) is 3.25. The minimum absolute atomic E-state index is 0.0108. The fraction of sp³-hybridized carbons (Fsp3) is 0.360. The van der Waals surface area contributed by atoms with Crippen LogP contribution < -0.4 is 11.1 Å². The Morgan fingerprint density at radius 3 is 2.34 bits per heavy atom. The van der Waals surface area contributed by atoms with E-state index in [1.54, 1.807) is 27.1 Å². The van der Waals surface area contributed by atoms with Gasteiger partial charge in [0.05, 0.1) is 17.8 Å². The van der Waals surface area contributed by atoms with Gasteiger partial charge in [0.1, 0.15) is 11.9 Å². The predicted octanol–water partition coefficient (Wildman–Crippen LogP) is 4.93. The number of guanidine groups is 1. The Hall–Kier alpha value is -3.48. The molecule has 32 heavy (non-hydrogen) atoms. The lowest BCUT2D eigenvalue weighted by Gasteiger charge is -2.19. The number of hydrogen-bond acceptors (Lipinski definition) is 5. The van der Waals surface area contributed by atoms with Gasteiger partial charge in [-0.05, 0) is 31.7 Å². The first kappa shape index (κ1) is 23.2. The quantitative estimate of drug-likeness (QED) is 0.450. The number of nitrogens with one attached hydrogen (secondary N) is 1. The van der Waals surface area contributed by atoms with Crippen molar-refractivity contribution in [3.05, 3.63) is 59.9 Å². The molecule has 7 nitrogen and oxygen atoms in total. The second-order valence-corrected chi connectivity index (χ2v) is 9.69. The van der Waals surface area contributed by atoms with Gasteiger partial charge in [0.15, 0.2) is 5.96 Å². The van der Waals surface area contributed by atoms with Crippen LogP contribution in [0.4, 0.5) is 4.79 Å². The van der Waals surface area contributed by atoms with Crippen molar-refractivity contribution in [2.24, 2.45) is 10.7 Å². The Balaban J connectivity index is 1.86. The number of ether oxygens (including phenoxy) is 1. The lowest BCUT2D eigenvalue weighted by molar-refractivity contribution is 0.0562. The highest BCUT2D eigenvalue weighted by atomic mass is 16.6. The van der Waals surface area contributed by atoms with Crippen LogP contribution in [0.2, 0.25) is 0 Å². The zero-order valence-corrected chi connectivity index (χ0v) is 19.6. The molecular formula is C25H31N5O2. The number of para-hydroxylation sites is 1. The van der Waals surface area contributed by atoms with Crippen molar-refractivity contribution in [2.75, 3.05) is 0 Å². The average molecular weight is 434 g/mol. The lowest BCUT2D eigenvalue weighted by atomic mass is 9.86. The number of alkyl carbamates (subject to hydrolysis) is 1. The number of rotatable bonds is 3. The molecular weight excluding hydrogens is 402 g/mol. The van der Waals surface area contributed by atoms with Crippen molar-refractivity contribution in [3.63, 3.8) is 0 Å². The lowest BCUT2D eigenvalue weighted by Crippen LogP contribution is -2.40. The molecule has 1 heterocycles. The van der Waals surface area contributed by atoms with Crippen molar-refractivity contribution in [1.29, 1.82) is 0 Å². The molecule has 3 aromatic rings. The molecule has 2 aromatic carbocycles. The third-order valence-electron chi connectivity index (χ3n) is 4.82. The van der Waals surface area contributed by atoms with Crippen LogP contribution in [0.25, 0.3) is 22.2 Å². The van der Waals surface area contributed by atoms with Crippen molar-refractivity contribution in [2.45, 2.75) is 59.1 Å². The molecule has 0 spiro atoms. The molecule has 1 amide bonds. The standard InChI is InChI=1S/C25H31N5O2/c1-24(2,3)18-12-10-16(11-13-18)20-19-9-7-8-17(21(19)29-15-28-20)14-27-22(26)30-23(31)32-25(4,5)6/h7-13,15H,14H2,1-6H3,(H3,26,27,30,31). The van der Waals surface area contributed by atoms with Crippen molar-refractivity contribution in [3.8, 4) is 11.3 Å². The van der Waals surface area contributed by atoms with Gasteiger partial charge in [-0.1, -0.05) is 63.2 Å². The SMILES string of the molecule is CC(C)(C)OC(=O)NC(N)=NCc1cccc2c(-c3ccc(C(C)(C)C)cc3)ncnc12. The minimum atomic E-state index is -0.639. The van der Waals surface area contributed by atoms with Gasteiger partial charge >= 0.3 is 6.09 Å². The Bertz CT molecular complexity index is 1140. The molecule has 168 valence electrons. The number of carbonyl (C=O) groups excluding carboxylic acids is 1. The smallest absolute Gasteiger partial charge is 0.414 e. The molecule has 0 atom stereocenters. The summed E-state index contributed by atoms with van der Waals surface area (Å²) in [6, 6.07) is 14.3. The van der Waals surface area contributed by atoms with E-state index in [1.807, 2.05) is 18.2 Å². The van der Waals surface area contributed by atoms with Gasteiger partial charge in [0, 0.05) is 16.5 Å². The summed E-state index contributed by atoms with van der Waals surface area (Å²) in [5, 5.41) is 3.38. The van der Waals surface area contributed by atoms with Gasteiger partial charge in [0.2, 0.25) is 0 Å². The number of fused-ring (bicyclic) bond motifs is 1. The molecule has 0 fully saturated rings. The van der Waals surface area contributed by atoms with E-state index in [2.05, 4.69) is 65.3 Å². The summed E-state index contributed by atoms with van der Waals surface area (Å²) in [5.74, 6) is -0.0108. The summed E-state index contributed by atoms with van der Waals surface area (Å²) in [6.07, 6.45) is 0.921. The zero-order chi connectivity index (χ0) is 23.5. The van der Waals surface area contributed by atoms with Crippen LogP contribution in [0, 0.1) is 0 Å². The van der Waals surface area contributed by atoms with Crippen molar-refractivity contribution >= 4 is 23.0 Å². The van der Waals surface area contributed by atoms with Crippen LogP contribution in [0.1, 0.15) is 52.7 Å². The maximum Gasteiger partial charge on any atom is 0.414 e. The van der Waals surface area contributed by atoms with Gasteiger partial charge in [-0.3, -0.25) is 5.32 Å². The van der Waals surface area contributed by atoms with E-state index in [4.69, 9.17) is 10.5 Å². The second-order valence-electron chi connectivity index (χ2n) is 9.69. The van der Waals surface area contributed by atoms with E-state index in [0.717, 1.165) is 27.7 Å². The second kappa shape index (κ2) is 8.94. The number of hydrogen-bond donors (Lipinski definition) is 2. The molecule has 0 saturated carbocycles. The molecule has 0 radical (unpaired) electrons. The monoisotopic (exact) mass is 433 g/mol. The summed E-state index contributed by atoms with van der Waals surface area (Å²) in [7, 11) is 0. The van der Waals surface area contributed by atoms with Gasteiger partial charge in [0.25, 0.3) is 0 Å². The maximum absolute atomic E-state index is 11.9. The van der Waals surface area contributed by atoms with E-state index in [1.165, 1.54) is 5.56 Å². The topological polar surface area (TPSA) is 102 Å². The van der Waals surface area contributed by atoms with Gasteiger partial charge < -0.3 is 10.5 Å². The Kier molecular flexibility index (Phi) is 6.48. The molecule has 1 aromatic heterocycles. The summed E-state index contributed by atoms with van der Waals surface area (Å²) in [4.78, 5) is 25.2. The number of nitrogens with zero attached hydrogens (tertiary/aromatic N) is 3. The van der Waals surface area contributed by atoms with Crippen molar-refractivity contribution in [1.82, 2.24) is 15.3 Å². The molecule has 0 aliphatic carbocycles. The number of benzene rings is 2. The first-order valence-electron chi connectivity index (χ1n) is 10.6. The van der Waals surface area contributed by atoms with Crippen LogP contribution in [-0.2, 0) is 16.7 Å². The van der Waals surface area contributed by atoms with E-state index in [-0.39, 0.29) is 17.9 Å². The third kappa shape index (κ3) is 5.81. The summed E-state index contributed by atoms with van der Waals surface area (Å²) in [6.45, 7) is 12.2. The normalized spacial score (nSPS) is 12.6. The third-order valence-corrected chi connectivity index (χ3v) is 4.82. The predicted molar refractivity (Wildman–Crippen MR) is 128 cm³/mol. The number of amides is 1. The molecule has 0 saturated heterocycles. The number of nitrogens with two attached hydrogens (primary N) is 1. The molecule has 0 aliphatic rings. The first-order valence-corrected chi connectivity index (χ1v) is 10.6. The Labute approximate surface area is 189 Å². The van der Waals surface area contributed by atoms with Crippen LogP contribution in [-0.4, -0.2) is 27.6 Å². The van der Waals surface area contributed by atoms with Crippen LogP contribution >= 0.6 is 0 Å². The van der Waals surface area contributed by atoms with Crippen LogP contribution in [0.5, 0.6) is 0 Å². The number of aromatic nitrogens is 2. The molecule has 7 heteroatoms. The van der Waals surface area contributed by atoms with Gasteiger partial charge in [-0.25, -0.2) is 19.8 Å². The summed E-state index contributed by atoms with van der Waals surface area (Å²) < 4.78 is 5.19. The number of aliphatic imine (C=N–C) groups is 1. The van der Waals surface area contributed by atoms with E-state index < -0.39 is 11.7 Å². The number of carbonyl (C=O) groups is 1. The highest BCUT2D eigenvalue weighted by molar-refractivity contribution is 5.95. The van der Waals surface area contributed by atoms with E-state index in [0.29, 0.717) is 0 Å². The highest BCUT2D eigenvalue weighted by Gasteiger charge is 2.17. The largest absolute Gasteiger partial charge is 0.444 e. The summed E-state index contributed by atoms with van der Waals surface area (Å²) >= 11 is 0. The van der Waals surface area contributed by atoms with Crippen LogP contribution in [0.15, 0.2) is 53.8 Å². The Morgan fingerprint density at radius 2 is 1.72 bits per heavy atom. The molecule has 0 unspecified atom stereocenters. The van der Waals surface area contributed by atoms with Gasteiger partial charge in [-0.15, -0.1) is 0 Å². The molecule has 0 aliphatic heterocycles. The molecule has 3 N–H and O–H groups in total. The fourth-order valence-electron chi connectivity index (χ4n) is 3.25. The molecule has 3 rings (SSSR count). The van der Waals surface area contributed by atoms with Gasteiger partial charge in [-0.2, -0.15) is 0 Å². The maximum atomic E-state index is 11.9. The Morgan fingerprint density at radius 1 is 1.03 bits per heavy atom. The zero-order valence-electron chi connectivity index (χ0n) is 19.6. The average Bonchev–Trinajstić information content (AvgIpc) is 2.69. The minimum Gasteiger partial charge on any atom is -0.444 e.